The summed E-state index contributed by atoms with van der Waals surface area (Å²) in [6.45, 7) is 8.09. The summed E-state index contributed by atoms with van der Waals surface area (Å²) in [6.07, 6.45) is 2.62. The fourth-order valence-corrected chi connectivity index (χ4v) is 2.39. The SMILES string of the molecule is CCOc1ncccc1CNC(=O)NCCCN1CCOCC1. The number of morpholine rings is 1. The minimum Gasteiger partial charge on any atom is -0.478 e. The maximum absolute atomic E-state index is 11.8. The zero-order chi connectivity index (χ0) is 16.3. The number of urea groups is 1. The molecule has 1 fully saturated rings. The van der Waals surface area contributed by atoms with Gasteiger partial charge >= 0.3 is 6.03 Å². The fourth-order valence-electron chi connectivity index (χ4n) is 2.39. The molecule has 1 aliphatic rings. The van der Waals surface area contributed by atoms with E-state index < -0.39 is 0 Å². The van der Waals surface area contributed by atoms with E-state index in [1.165, 1.54) is 0 Å². The molecule has 0 bridgehead atoms. The van der Waals surface area contributed by atoms with E-state index in [9.17, 15) is 4.79 Å². The van der Waals surface area contributed by atoms with Crippen molar-refractivity contribution in [1.82, 2.24) is 20.5 Å². The molecular weight excluding hydrogens is 296 g/mol. The summed E-state index contributed by atoms with van der Waals surface area (Å²) in [5.74, 6) is 0.572. The highest BCUT2D eigenvalue weighted by molar-refractivity contribution is 5.73. The van der Waals surface area contributed by atoms with E-state index in [0.717, 1.165) is 44.8 Å². The van der Waals surface area contributed by atoms with Gasteiger partial charge in [0.1, 0.15) is 0 Å². The molecule has 23 heavy (non-hydrogen) atoms. The van der Waals surface area contributed by atoms with Crippen LogP contribution < -0.4 is 15.4 Å². The van der Waals surface area contributed by atoms with Crippen LogP contribution in [0.2, 0.25) is 0 Å². The Morgan fingerprint density at radius 2 is 2.22 bits per heavy atom. The Kier molecular flexibility index (Phi) is 7.62. The third kappa shape index (κ3) is 6.42. The lowest BCUT2D eigenvalue weighted by Crippen LogP contribution is -2.39. The van der Waals surface area contributed by atoms with E-state index in [1.54, 1.807) is 6.20 Å². The number of pyridine rings is 1. The van der Waals surface area contributed by atoms with Crippen molar-refractivity contribution in [2.75, 3.05) is 46.0 Å². The highest BCUT2D eigenvalue weighted by Crippen LogP contribution is 2.13. The monoisotopic (exact) mass is 322 g/mol. The van der Waals surface area contributed by atoms with Gasteiger partial charge in [-0.15, -0.1) is 0 Å². The molecule has 0 aromatic carbocycles. The van der Waals surface area contributed by atoms with Gasteiger partial charge < -0.3 is 20.1 Å². The van der Waals surface area contributed by atoms with Crippen molar-refractivity contribution in [3.8, 4) is 5.88 Å². The second-order valence-electron chi connectivity index (χ2n) is 5.32. The highest BCUT2D eigenvalue weighted by Gasteiger charge is 2.10. The predicted molar refractivity (Wildman–Crippen MR) is 87.5 cm³/mol. The Hall–Kier alpha value is -1.86. The molecule has 2 amide bonds. The smallest absolute Gasteiger partial charge is 0.315 e. The molecule has 0 unspecified atom stereocenters. The van der Waals surface area contributed by atoms with E-state index in [2.05, 4.69) is 20.5 Å². The maximum Gasteiger partial charge on any atom is 0.315 e. The van der Waals surface area contributed by atoms with E-state index in [4.69, 9.17) is 9.47 Å². The molecular formula is C16H26N4O3. The lowest BCUT2D eigenvalue weighted by atomic mass is 10.2. The summed E-state index contributed by atoms with van der Waals surface area (Å²) in [4.78, 5) is 18.3. The lowest BCUT2D eigenvalue weighted by molar-refractivity contribution is 0.0375. The topological polar surface area (TPSA) is 75.7 Å². The summed E-state index contributed by atoms with van der Waals surface area (Å²) in [6, 6.07) is 3.56. The quantitative estimate of drug-likeness (QED) is 0.699. The molecule has 0 atom stereocenters. The van der Waals surface area contributed by atoms with Gasteiger partial charge in [-0.1, -0.05) is 6.07 Å². The molecule has 0 aliphatic carbocycles. The molecule has 2 heterocycles. The Morgan fingerprint density at radius 3 is 3.00 bits per heavy atom. The van der Waals surface area contributed by atoms with Gasteiger partial charge in [-0.3, -0.25) is 4.90 Å². The van der Waals surface area contributed by atoms with Gasteiger partial charge in [-0.2, -0.15) is 0 Å². The summed E-state index contributed by atoms with van der Waals surface area (Å²) in [5, 5.41) is 5.71. The number of nitrogens with one attached hydrogen (secondary N) is 2. The molecule has 1 saturated heterocycles. The zero-order valence-electron chi connectivity index (χ0n) is 13.7. The number of nitrogens with zero attached hydrogens (tertiary/aromatic N) is 2. The zero-order valence-corrected chi connectivity index (χ0v) is 13.7. The summed E-state index contributed by atoms with van der Waals surface area (Å²) in [7, 11) is 0. The van der Waals surface area contributed by atoms with Crippen LogP contribution in [0.3, 0.4) is 0 Å². The third-order valence-corrected chi connectivity index (χ3v) is 3.61. The second kappa shape index (κ2) is 10.0. The molecule has 0 spiro atoms. The standard InChI is InChI=1S/C16H26N4O3/c1-2-23-15-14(5-3-6-17-15)13-19-16(21)18-7-4-8-20-9-11-22-12-10-20/h3,5-6H,2,4,7-13H2,1H3,(H2,18,19,21). The number of amides is 2. The van der Waals surface area contributed by atoms with Gasteiger partial charge in [0, 0.05) is 37.9 Å². The normalized spacial score (nSPS) is 15.2. The molecule has 1 aromatic heterocycles. The number of carbonyl (C=O) groups is 1. The second-order valence-corrected chi connectivity index (χ2v) is 5.32. The van der Waals surface area contributed by atoms with Gasteiger partial charge in [0.25, 0.3) is 0 Å². The molecule has 2 N–H and O–H groups in total. The van der Waals surface area contributed by atoms with Gasteiger partial charge in [0.05, 0.1) is 19.8 Å². The highest BCUT2D eigenvalue weighted by atomic mass is 16.5. The van der Waals surface area contributed by atoms with Crippen molar-refractivity contribution in [3.63, 3.8) is 0 Å². The number of ether oxygens (including phenoxy) is 2. The van der Waals surface area contributed by atoms with Crippen molar-refractivity contribution in [3.05, 3.63) is 23.9 Å². The number of hydrogen-bond donors (Lipinski definition) is 2. The van der Waals surface area contributed by atoms with Crippen LogP contribution in [0.1, 0.15) is 18.9 Å². The van der Waals surface area contributed by atoms with Crippen molar-refractivity contribution in [1.29, 1.82) is 0 Å². The summed E-state index contributed by atoms with van der Waals surface area (Å²) >= 11 is 0. The average molecular weight is 322 g/mol. The number of rotatable bonds is 8. The maximum atomic E-state index is 11.8. The minimum atomic E-state index is -0.168. The summed E-state index contributed by atoms with van der Waals surface area (Å²) < 4.78 is 10.7. The van der Waals surface area contributed by atoms with Crippen LogP contribution in [0.25, 0.3) is 0 Å². The van der Waals surface area contributed by atoms with Gasteiger partial charge in [-0.05, 0) is 26.0 Å². The van der Waals surface area contributed by atoms with Gasteiger partial charge in [0.2, 0.25) is 5.88 Å². The van der Waals surface area contributed by atoms with E-state index >= 15 is 0 Å². The molecule has 0 saturated carbocycles. The van der Waals surface area contributed by atoms with E-state index in [0.29, 0.717) is 25.6 Å². The van der Waals surface area contributed by atoms with Crippen molar-refractivity contribution >= 4 is 6.03 Å². The van der Waals surface area contributed by atoms with E-state index in [-0.39, 0.29) is 6.03 Å². The summed E-state index contributed by atoms with van der Waals surface area (Å²) in [5.41, 5.74) is 0.873. The Labute approximate surface area is 137 Å². The van der Waals surface area contributed by atoms with Gasteiger partial charge in [-0.25, -0.2) is 9.78 Å². The molecule has 0 radical (unpaired) electrons. The first kappa shape index (κ1) is 17.5. The van der Waals surface area contributed by atoms with E-state index in [1.807, 2.05) is 19.1 Å². The number of hydrogen-bond acceptors (Lipinski definition) is 5. The first-order chi connectivity index (χ1) is 11.3. The number of aromatic nitrogens is 1. The van der Waals surface area contributed by atoms with Crippen LogP contribution in [-0.2, 0) is 11.3 Å². The first-order valence-corrected chi connectivity index (χ1v) is 8.18. The van der Waals surface area contributed by atoms with Crippen molar-refractivity contribution in [2.24, 2.45) is 0 Å². The average Bonchev–Trinajstić information content (AvgIpc) is 2.59. The number of carbonyl (C=O) groups excluding carboxylic acids is 1. The van der Waals surface area contributed by atoms with Crippen LogP contribution >= 0.6 is 0 Å². The van der Waals surface area contributed by atoms with Crippen LogP contribution in [0.5, 0.6) is 5.88 Å². The molecule has 1 aliphatic heterocycles. The third-order valence-electron chi connectivity index (χ3n) is 3.61. The molecule has 7 heteroatoms. The minimum absolute atomic E-state index is 0.168. The Morgan fingerprint density at radius 1 is 1.39 bits per heavy atom. The first-order valence-electron chi connectivity index (χ1n) is 8.18. The van der Waals surface area contributed by atoms with Gasteiger partial charge in [0.15, 0.2) is 0 Å². The Balaban J connectivity index is 1.61. The van der Waals surface area contributed by atoms with Crippen LogP contribution in [-0.4, -0.2) is 61.9 Å². The van der Waals surface area contributed by atoms with Crippen LogP contribution in [0, 0.1) is 0 Å². The van der Waals surface area contributed by atoms with Crippen LogP contribution in [0.15, 0.2) is 18.3 Å². The molecule has 128 valence electrons. The Bertz CT molecular complexity index is 478. The lowest BCUT2D eigenvalue weighted by Gasteiger charge is -2.26. The largest absolute Gasteiger partial charge is 0.478 e. The molecule has 7 nitrogen and oxygen atoms in total. The van der Waals surface area contributed by atoms with Crippen LogP contribution in [0.4, 0.5) is 4.79 Å². The molecule has 1 aromatic rings. The fraction of sp³-hybridized carbons (Fsp3) is 0.625. The molecule has 2 rings (SSSR count). The predicted octanol–water partition coefficient (Wildman–Crippen LogP) is 1.00. The van der Waals surface area contributed by atoms with Crippen molar-refractivity contribution < 1.29 is 14.3 Å². The van der Waals surface area contributed by atoms with Crippen molar-refractivity contribution in [2.45, 2.75) is 19.9 Å².